The summed E-state index contributed by atoms with van der Waals surface area (Å²) in [4.78, 5) is 0. The number of hydrogen-bond acceptors (Lipinski definition) is 4. The third kappa shape index (κ3) is 3.12. The van der Waals surface area contributed by atoms with E-state index in [1.54, 1.807) is 18.2 Å². The molecule has 0 fully saturated rings. The lowest BCUT2D eigenvalue weighted by Crippen LogP contribution is -2.00. The third-order valence-corrected chi connectivity index (χ3v) is 4.38. The standard InChI is InChI=1S/C12H6I2N4/c1-7-9(5-17)2-10(13)12(11(7)14)18-6-8(3-15)4-16/h2,6,18H,1H3. The summed E-state index contributed by atoms with van der Waals surface area (Å²) in [5.74, 6) is 0. The third-order valence-electron chi connectivity index (χ3n) is 2.18. The van der Waals surface area contributed by atoms with Gasteiger partial charge in [-0.1, -0.05) is 0 Å². The Balaban J connectivity index is 3.26. The van der Waals surface area contributed by atoms with E-state index >= 15 is 0 Å². The van der Waals surface area contributed by atoms with Gasteiger partial charge in [0.05, 0.1) is 17.3 Å². The van der Waals surface area contributed by atoms with Crippen LogP contribution in [0.15, 0.2) is 17.8 Å². The van der Waals surface area contributed by atoms with Crippen LogP contribution in [0.3, 0.4) is 0 Å². The summed E-state index contributed by atoms with van der Waals surface area (Å²) in [6.45, 7) is 1.86. The smallest absolute Gasteiger partial charge is 0.145 e. The second-order valence-electron chi connectivity index (χ2n) is 3.26. The summed E-state index contributed by atoms with van der Waals surface area (Å²) in [6, 6.07) is 7.46. The first-order chi connectivity index (χ1) is 8.54. The van der Waals surface area contributed by atoms with Crippen molar-refractivity contribution in [3.63, 3.8) is 0 Å². The molecule has 1 rings (SSSR count). The van der Waals surface area contributed by atoms with Gasteiger partial charge in [-0.05, 0) is 63.7 Å². The Labute approximate surface area is 132 Å². The van der Waals surface area contributed by atoms with Crippen molar-refractivity contribution in [3.05, 3.63) is 36.1 Å². The summed E-state index contributed by atoms with van der Waals surface area (Å²) < 4.78 is 1.77. The Morgan fingerprint density at radius 3 is 2.39 bits per heavy atom. The van der Waals surface area contributed by atoms with Crippen LogP contribution in [0.5, 0.6) is 0 Å². The highest BCUT2D eigenvalue weighted by Crippen LogP contribution is 2.30. The molecule has 6 heteroatoms. The molecular formula is C12H6I2N4. The number of nitriles is 3. The Bertz CT molecular complexity index is 626. The molecule has 0 bridgehead atoms. The lowest BCUT2D eigenvalue weighted by atomic mass is 10.1. The van der Waals surface area contributed by atoms with Crippen molar-refractivity contribution in [2.24, 2.45) is 0 Å². The number of nitrogens with zero attached hydrogens (tertiary/aromatic N) is 3. The van der Waals surface area contributed by atoms with Gasteiger partial charge in [0.25, 0.3) is 0 Å². The molecule has 0 spiro atoms. The molecule has 4 nitrogen and oxygen atoms in total. The van der Waals surface area contributed by atoms with E-state index in [0.29, 0.717) is 5.56 Å². The van der Waals surface area contributed by atoms with Crippen LogP contribution in [0.2, 0.25) is 0 Å². The lowest BCUT2D eigenvalue weighted by molar-refractivity contribution is 1.34. The minimum atomic E-state index is 0.00335. The zero-order valence-corrected chi connectivity index (χ0v) is 13.6. The van der Waals surface area contributed by atoms with Crippen LogP contribution in [-0.4, -0.2) is 0 Å². The Morgan fingerprint density at radius 2 is 1.89 bits per heavy atom. The van der Waals surface area contributed by atoms with E-state index in [2.05, 4.69) is 56.6 Å². The van der Waals surface area contributed by atoms with Crippen LogP contribution >= 0.6 is 45.2 Å². The van der Waals surface area contributed by atoms with Crippen LogP contribution in [0, 0.1) is 48.1 Å². The Kier molecular flexibility index (Phi) is 5.39. The molecule has 0 unspecified atom stereocenters. The molecule has 0 aliphatic carbocycles. The van der Waals surface area contributed by atoms with E-state index in [1.165, 1.54) is 6.20 Å². The maximum atomic E-state index is 8.98. The average Bonchev–Trinajstić information content (AvgIpc) is 2.38. The highest BCUT2D eigenvalue weighted by atomic mass is 127. The molecule has 18 heavy (non-hydrogen) atoms. The predicted octanol–water partition coefficient (Wildman–Crippen LogP) is 3.42. The van der Waals surface area contributed by atoms with Gasteiger partial charge >= 0.3 is 0 Å². The summed E-state index contributed by atoms with van der Waals surface area (Å²) >= 11 is 4.25. The van der Waals surface area contributed by atoms with E-state index in [4.69, 9.17) is 15.8 Å². The van der Waals surface area contributed by atoms with Gasteiger partial charge in [0, 0.05) is 13.3 Å². The molecule has 0 heterocycles. The molecule has 0 saturated heterocycles. The minimum Gasteiger partial charge on any atom is -0.358 e. The fourth-order valence-electron chi connectivity index (χ4n) is 1.20. The van der Waals surface area contributed by atoms with Crippen molar-refractivity contribution in [2.75, 3.05) is 5.32 Å². The van der Waals surface area contributed by atoms with E-state index in [-0.39, 0.29) is 5.57 Å². The van der Waals surface area contributed by atoms with Crippen LogP contribution < -0.4 is 5.32 Å². The molecule has 0 atom stereocenters. The first kappa shape index (κ1) is 14.7. The fourth-order valence-corrected chi connectivity index (χ4v) is 3.19. The summed E-state index contributed by atoms with van der Waals surface area (Å²) in [5.41, 5.74) is 2.31. The monoisotopic (exact) mass is 460 g/mol. The van der Waals surface area contributed by atoms with Gasteiger partial charge in [0.1, 0.15) is 17.7 Å². The molecule has 1 N–H and O–H groups in total. The molecule has 0 aromatic heterocycles. The largest absolute Gasteiger partial charge is 0.358 e. The van der Waals surface area contributed by atoms with Gasteiger partial charge in [0.2, 0.25) is 0 Å². The average molecular weight is 460 g/mol. The van der Waals surface area contributed by atoms with Crippen LogP contribution in [0.25, 0.3) is 0 Å². The molecule has 0 radical (unpaired) electrons. The molecular weight excluding hydrogens is 454 g/mol. The van der Waals surface area contributed by atoms with Crippen molar-refractivity contribution in [1.29, 1.82) is 15.8 Å². The van der Waals surface area contributed by atoms with Gasteiger partial charge in [-0.15, -0.1) is 0 Å². The van der Waals surface area contributed by atoms with Crippen molar-refractivity contribution in [1.82, 2.24) is 0 Å². The van der Waals surface area contributed by atoms with E-state index in [1.807, 2.05) is 6.92 Å². The van der Waals surface area contributed by atoms with E-state index in [9.17, 15) is 0 Å². The van der Waals surface area contributed by atoms with Gasteiger partial charge < -0.3 is 5.32 Å². The zero-order chi connectivity index (χ0) is 13.7. The van der Waals surface area contributed by atoms with Crippen LogP contribution in [0.4, 0.5) is 5.69 Å². The zero-order valence-electron chi connectivity index (χ0n) is 9.25. The lowest BCUT2D eigenvalue weighted by Gasteiger charge is -2.11. The number of nitrogens with one attached hydrogen (secondary N) is 1. The molecule has 1 aromatic carbocycles. The van der Waals surface area contributed by atoms with E-state index in [0.717, 1.165) is 18.4 Å². The molecule has 0 aliphatic rings. The van der Waals surface area contributed by atoms with Gasteiger partial charge in [0.15, 0.2) is 0 Å². The van der Waals surface area contributed by atoms with Crippen molar-refractivity contribution in [3.8, 4) is 18.2 Å². The number of halogens is 2. The van der Waals surface area contributed by atoms with E-state index < -0.39 is 0 Å². The van der Waals surface area contributed by atoms with Gasteiger partial charge in [-0.25, -0.2) is 0 Å². The quantitative estimate of drug-likeness (QED) is 0.542. The van der Waals surface area contributed by atoms with Gasteiger partial charge in [-0.3, -0.25) is 0 Å². The first-order valence-electron chi connectivity index (χ1n) is 4.70. The number of benzene rings is 1. The second-order valence-corrected chi connectivity index (χ2v) is 5.50. The Morgan fingerprint density at radius 1 is 1.28 bits per heavy atom. The first-order valence-corrected chi connectivity index (χ1v) is 6.86. The molecule has 1 aromatic rings. The van der Waals surface area contributed by atoms with Crippen LogP contribution in [-0.2, 0) is 0 Å². The van der Waals surface area contributed by atoms with Gasteiger partial charge in [-0.2, -0.15) is 15.8 Å². The number of anilines is 1. The van der Waals surface area contributed by atoms with Crippen LogP contribution in [0.1, 0.15) is 11.1 Å². The minimum absolute atomic E-state index is 0.00335. The van der Waals surface area contributed by atoms with Crippen molar-refractivity contribution >= 4 is 50.9 Å². The van der Waals surface area contributed by atoms with Crippen molar-refractivity contribution in [2.45, 2.75) is 6.92 Å². The number of hydrogen-bond donors (Lipinski definition) is 1. The maximum Gasteiger partial charge on any atom is 0.145 e. The SMILES string of the molecule is Cc1c(C#N)cc(I)c(NC=C(C#N)C#N)c1I. The molecule has 0 amide bonds. The molecule has 0 saturated carbocycles. The molecule has 88 valence electrons. The highest BCUT2D eigenvalue weighted by molar-refractivity contribution is 14.1. The topological polar surface area (TPSA) is 83.4 Å². The summed E-state index contributed by atoms with van der Waals surface area (Å²) in [5, 5.41) is 29.2. The normalized spacial score (nSPS) is 8.67. The highest BCUT2D eigenvalue weighted by Gasteiger charge is 2.11. The van der Waals surface area contributed by atoms with Crippen molar-refractivity contribution < 1.29 is 0 Å². The summed E-state index contributed by atoms with van der Waals surface area (Å²) in [6.07, 6.45) is 1.37. The Hall–Kier alpha value is -1.31. The maximum absolute atomic E-state index is 8.98. The number of allylic oxidation sites excluding steroid dienone is 1. The second kappa shape index (κ2) is 6.58. The summed E-state index contributed by atoms with van der Waals surface area (Å²) in [7, 11) is 0. The molecule has 0 aliphatic heterocycles. The number of rotatable bonds is 2. The fraction of sp³-hybridized carbons (Fsp3) is 0.0833. The predicted molar refractivity (Wildman–Crippen MR) is 84.3 cm³/mol.